The van der Waals surface area contributed by atoms with Gasteiger partial charge in [0, 0.05) is 29.1 Å². The van der Waals surface area contributed by atoms with Crippen LogP contribution in [0.1, 0.15) is 12.8 Å². The number of nitrogens with zero attached hydrogens (tertiary/aromatic N) is 2. The van der Waals surface area contributed by atoms with E-state index < -0.39 is 0 Å². The smallest absolute Gasteiger partial charge is 0.274 e. The zero-order valence-electron chi connectivity index (χ0n) is 12.6. The summed E-state index contributed by atoms with van der Waals surface area (Å²) in [5, 5.41) is 15.6. The summed E-state index contributed by atoms with van der Waals surface area (Å²) in [6.07, 6.45) is 1.36. The molecule has 0 unspecified atom stereocenters. The molecule has 1 N–H and O–H groups in total. The van der Waals surface area contributed by atoms with Gasteiger partial charge in [-0.05, 0) is 31.0 Å². The van der Waals surface area contributed by atoms with Gasteiger partial charge in [-0.15, -0.1) is 0 Å². The lowest BCUT2D eigenvalue weighted by atomic mass is 10.1. The summed E-state index contributed by atoms with van der Waals surface area (Å²) in [5.41, 5.74) is 1.58. The molecule has 0 aliphatic rings. The van der Waals surface area contributed by atoms with Crippen LogP contribution in [0, 0.1) is 0 Å². The first-order chi connectivity index (χ1) is 11.2. The summed E-state index contributed by atoms with van der Waals surface area (Å²) in [6.45, 7) is 0.608. The molecule has 3 rings (SSSR count). The molecule has 3 aromatic rings. The molecule has 0 amide bonds. The highest BCUT2D eigenvalue weighted by molar-refractivity contribution is 6.30. The summed E-state index contributed by atoms with van der Waals surface area (Å²) >= 11 is 5.96. The van der Waals surface area contributed by atoms with Crippen molar-refractivity contribution in [2.24, 2.45) is 0 Å². The Kier molecular flexibility index (Phi) is 4.74. The van der Waals surface area contributed by atoms with Gasteiger partial charge in [-0.1, -0.05) is 41.9 Å². The van der Waals surface area contributed by atoms with Gasteiger partial charge in [0.15, 0.2) is 0 Å². The second-order valence-electron chi connectivity index (χ2n) is 5.36. The largest absolute Gasteiger partial charge is 0.396 e. The Morgan fingerprint density at radius 2 is 1.70 bits per heavy atom. The molecule has 0 radical (unpaired) electrons. The van der Waals surface area contributed by atoms with E-state index >= 15 is 0 Å². The van der Waals surface area contributed by atoms with Crippen molar-refractivity contribution in [1.29, 1.82) is 0 Å². The Bertz CT molecular complexity index is 872. The van der Waals surface area contributed by atoms with Gasteiger partial charge in [0.2, 0.25) is 0 Å². The van der Waals surface area contributed by atoms with Crippen molar-refractivity contribution >= 4 is 22.4 Å². The van der Waals surface area contributed by atoms with E-state index in [0.29, 0.717) is 29.8 Å². The number of aliphatic hydroxyl groups excluding tert-OH is 1. The average Bonchev–Trinajstić information content (AvgIpc) is 2.58. The van der Waals surface area contributed by atoms with Crippen LogP contribution in [0.15, 0.2) is 53.3 Å². The standard InChI is InChI=1S/C18H17ClN2O2/c19-14-9-7-13(8-10-14)17-15-5-1-2-6-16(15)18(23)21(20-17)11-3-4-12-22/h1-2,5-10,22H,3-4,11-12H2. The van der Waals surface area contributed by atoms with E-state index in [1.165, 1.54) is 4.68 Å². The second kappa shape index (κ2) is 6.94. The molecule has 5 heteroatoms. The summed E-state index contributed by atoms with van der Waals surface area (Å²) in [4.78, 5) is 12.6. The maximum absolute atomic E-state index is 12.6. The molecule has 0 spiro atoms. The van der Waals surface area contributed by atoms with Gasteiger partial charge in [0.1, 0.15) is 0 Å². The number of hydrogen-bond donors (Lipinski definition) is 1. The number of benzene rings is 2. The lowest BCUT2D eigenvalue weighted by molar-refractivity contribution is 0.279. The summed E-state index contributed by atoms with van der Waals surface area (Å²) in [7, 11) is 0. The van der Waals surface area contributed by atoms with Crippen LogP contribution in [-0.2, 0) is 6.54 Å². The number of halogens is 1. The molecule has 0 aliphatic carbocycles. The molecule has 23 heavy (non-hydrogen) atoms. The quantitative estimate of drug-likeness (QED) is 0.729. The second-order valence-corrected chi connectivity index (χ2v) is 5.80. The highest BCUT2D eigenvalue weighted by Gasteiger charge is 2.11. The third-order valence-electron chi connectivity index (χ3n) is 3.76. The summed E-state index contributed by atoms with van der Waals surface area (Å²) in [6, 6.07) is 14.9. The van der Waals surface area contributed by atoms with Gasteiger partial charge < -0.3 is 5.11 Å². The average molecular weight is 329 g/mol. The van der Waals surface area contributed by atoms with Crippen LogP contribution in [0.4, 0.5) is 0 Å². The van der Waals surface area contributed by atoms with E-state index in [9.17, 15) is 4.79 Å². The van der Waals surface area contributed by atoms with Gasteiger partial charge in [0.25, 0.3) is 5.56 Å². The fraction of sp³-hybridized carbons (Fsp3) is 0.222. The summed E-state index contributed by atoms with van der Waals surface area (Å²) in [5.74, 6) is 0. The first-order valence-electron chi connectivity index (χ1n) is 7.57. The Morgan fingerprint density at radius 1 is 1.00 bits per heavy atom. The Balaban J connectivity index is 2.17. The SMILES string of the molecule is O=c1c2ccccc2c(-c2ccc(Cl)cc2)nn1CCCCO. The van der Waals surface area contributed by atoms with E-state index in [4.69, 9.17) is 16.7 Å². The first kappa shape index (κ1) is 15.7. The monoisotopic (exact) mass is 328 g/mol. The molecule has 0 atom stereocenters. The van der Waals surface area contributed by atoms with Gasteiger partial charge in [-0.2, -0.15) is 5.10 Å². The van der Waals surface area contributed by atoms with E-state index in [1.807, 2.05) is 48.5 Å². The molecule has 1 heterocycles. The van der Waals surface area contributed by atoms with Crippen molar-refractivity contribution in [2.75, 3.05) is 6.61 Å². The number of aryl methyl sites for hydroxylation is 1. The van der Waals surface area contributed by atoms with Crippen molar-refractivity contribution < 1.29 is 5.11 Å². The molecule has 0 bridgehead atoms. The lowest BCUT2D eigenvalue weighted by Crippen LogP contribution is -2.24. The Hall–Kier alpha value is -2.17. The summed E-state index contributed by atoms with van der Waals surface area (Å²) < 4.78 is 1.49. The fourth-order valence-electron chi connectivity index (χ4n) is 2.58. The van der Waals surface area contributed by atoms with Crippen LogP contribution in [0.25, 0.3) is 22.0 Å². The number of hydrogen-bond acceptors (Lipinski definition) is 3. The van der Waals surface area contributed by atoms with Crippen LogP contribution in [0.5, 0.6) is 0 Å². The van der Waals surface area contributed by atoms with E-state index in [-0.39, 0.29) is 12.2 Å². The van der Waals surface area contributed by atoms with Gasteiger partial charge in [0.05, 0.1) is 11.1 Å². The molecule has 4 nitrogen and oxygen atoms in total. The molecular formula is C18H17ClN2O2. The van der Waals surface area contributed by atoms with Crippen molar-refractivity contribution in [3.8, 4) is 11.3 Å². The molecule has 1 aromatic heterocycles. The van der Waals surface area contributed by atoms with Crippen molar-refractivity contribution in [2.45, 2.75) is 19.4 Å². The molecule has 0 aliphatic heterocycles. The van der Waals surface area contributed by atoms with E-state index in [0.717, 1.165) is 16.6 Å². The zero-order chi connectivity index (χ0) is 16.2. The molecule has 0 saturated carbocycles. The van der Waals surface area contributed by atoms with Gasteiger partial charge >= 0.3 is 0 Å². The normalized spacial score (nSPS) is 11.0. The minimum atomic E-state index is -0.101. The lowest BCUT2D eigenvalue weighted by Gasteiger charge is -2.11. The highest BCUT2D eigenvalue weighted by Crippen LogP contribution is 2.25. The Morgan fingerprint density at radius 3 is 2.39 bits per heavy atom. The third-order valence-corrected chi connectivity index (χ3v) is 4.02. The minimum Gasteiger partial charge on any atom is -0.396 e. The number of aromatic nitrogens is 2. The van der Waals surface area contributed by atoms with Crippen LogP contribution in [-0.4, -0.2) is 21.5 Å². The zero-order valence-corrected chi connectivity index (χ0v) is 13.3. The minimum absolute atomic E-state index is 0.101. The van der Waals surface area contributed by atoms with E-state index in [2.05, 4.69) is 5.10 Å². The number of unbranched alkanes of at least 4 members (excludes halogenated alkanes) is 1. The van der Waals surface area contributed by atoms with Gasteiger partial charge in [-0.25, -0.2) is 4.68 Å². The van der Waals surface area contributed by atoms with Crippen molar-refractivity contribution in [3.05, 3.63) is 63.9 Å². The van der Waals surface area contributed by atoms with Crippen molar-refractivity contribution in [1.82, 2.24) is 9.78 Å². The predicted octanol–water partition coefficient (Wildman–Crippen LogP) is 3.49. The topological polar surface area (TPSA) is 55.1 Å². The molecule has 2 aromatic carbocycles. The first-order valence-corrected chi connectivity index (χ1v) is 7.95. The maximum atomic E-state index is 12.6. The molecule has 0 saturated heterocycles. The molecular weight excluding hydrogens is 312 g/mol. The number of aliphatic hydroxyl groups is 1. The van der Waals surface area contributed by atoms with E-state index in [1.54, 1.807) is 0 Å². The highest BCUT2D eigenvalue weighted by atomic mass is 35.5. The Labute approximate surface area is 139 Å². The predicted molar refractivity (Wildman–Crippen MR) is 92.8 cm³/mol. The fourth-order valence-corrected chi connectivity index (χ4v) is 2.71. The molecule has 118 valence electrons. The molecule has 0 fully saturated rings. The van der Waals surface area contributed by atoms with Crippen LogP contribution >= 0.6 is 11.6 Å². The van der Waals surface area contributed by atoms with Crippen molar-refractivity contribution in [3.63, 3.8) is 0 Å². The van der Waals surface area contributed by atoms with Gasteiger partial charge in [-0.3, -0.25) is 4.79 Å². The third kappa shape index (κ3) is 3.28. The van der Waals surface area contributed by atoms with Crippen LogP contribution in [0.3, 0.4) is 0 Å². The number of fused-ring (bicyclic) bond motifs is 1. The maximum Gasteiger partial charge on any atom is 0.274 e. The van der Waals surface area contributed by atoms with Crippen LogP contribution in [0.2, 0.25) is 5.02 Å². The van der Waals surface area contributed by atoms with Crippen LogP contribution < -0.4 is 5.56 Å². The number of rotatable bonds is 5.